The van der Waals surface area contributed by atoms with Crippen molar-refractivity contribution in [2.75, 3.05) is 31.1 Å². The Labute approximate surface area is 150 Å². The molecule has 0 bridgehead atoms. The van der Waals surface area contributed by atoms with Crippen molar-refractivity contribution in [3.05, 3.63) is 30.3 Å². The van der Waals surface area contributed by atoms with E-state index < -0.39 is 0 Å². The average Bonchev–Trinajstić information content (AvgIpc) is 3.04. The molecule has 25 heavy (non-hydrogen) atoms. The monoisotopic (exact) mass is 343 g/mol. The van der Waals surface area contributed by atoms with E-state index in [1.54, 1.807) is 4.90 Å². The fourth-order valence-electron chi connectivity index (χ4n) is 4.03. The molecular weight excluding hydrogens is 314 g/mol. The van der Waals surface area contributed by atoms with Crippen LogP contribution in [0.2, 0.25) is 0 Å². The molecule has 2 heterocycles. The summed E-state index contributed by atoms with van der Waals surface area (Å²) in [4.78, 5) is 29.2. The van der Waals surface area contributed by atoms with E-state index in [9.17, 15) is 9.59 Å². The van der Waals surface area contributed by atoms with Crippen LogP contribution in [0.5, 0.6) is 0 Å². The van der Waals surface area contributed by atoms with Crippen molar-refractivity contribution in [2.45, 2.75) is 45.1 Å². The van der Waals surface area contributed by atoms with Crippen LogP contribution in [-0.2, 0) is 9.59 Å². The molecule has 1 N–H and O–H groups in total. The summed E-state index contributed by atoms with van der Waals surface area (Å²) in [6.45, 7) is 5.38. The molecule has 0 spiro atoms. The van der Waals surface area contributed by atoms with Gasteiger partial charge in [-0.05, 0) is 63.7 Å². The quantitative estimate of drug-likeness (QED) is 0.863. The summed E-state index contributed by atoms with van der Waals surface area (Å²) in [5, 5.41) is 3.36. The van der Waals surface area contributed by atoms with Crippen LogP contribution in [0.3, 0.4) is 0 Å². The molecule has 0 aliphatic carbocycles. The minimum atomic E-state index is -0.300. The second-order valence-electron chi connectivity index (χ2n) is 7.04. The molecule has 136 valence electrons. The highest BCUT2D eigenvalue weighted by atomic mass is 16.2. The summed E-state index contributed by atoms with van der Waals surface area (Å²) in [6.07, 6.45) is 4.54. The first kappa shape index (κ1) is 17.9. The number of benzene rings is 1. The van der Waals surface area contributed by atoms with Gasteiger partial charge in [-0.15, -0.1) is 0 Å². The van der Waals surface area contributed by atoms with Gasteiger partial charge >= 0.3 is 0 Å². The predicted octanol–water partition coefficient (Wildman–Crippen LogP) is 2.42. The van der Waals surface area contributed by atoms with Gasteiger partial charge in [0.25, 0.3) is 0 Å². The number of hydrogen-bond acceptors (Lipinski definition) is 3. The normalized spacial score (nSPS) is 21.6. The van der Waals surface area contributed by atoms with Crippen molar-refractivity contribution in [3.63, 3.8) is 0 Å². The molecule has 2 amide bonds. The lowest BCUT2D eigenvalue weighted by Gasteiger charge is -2.28. The minimum absolute atomic E-state index is 0.0586. The number of hydrogen-bond donors (Lipinski definition) is 1. The zero-order valence-electron chi connectivity index (χ0n) is 15.1. The Morgan fingerprint density at radius 1 is 1.20 bits per heavy atom. The first-order valence-electron chi connectivity index (χ1n) is 9.57. The van der Waals surface area contributed by atoms with Crippen molar-refractivity contribution in [2.24, 2.45) is 5.92 Å². The van der Waals surface area contributed by atoms with E-state index in [-0.39, 0.29) is 17.9 Å². The number of amides is 2. The van der Waals surface area contributed by atoms with Gasteiger partial charge < -0.3 is 15.1 Å². The fourth-order valence-corrected chi connectivity index (χ4v) is 4.03. The smallest absolute Gasteiger partial charge is 0.249 e. The fraction of sp³-hybridized carbons (Fsp3) is 0.600. The van der Waals surface area contributed by atoms with Crippen LogP contribution in [0, 0.1) is 5.92 Å². The lowest BCUT2D eigenvalue weighted by molar-refractivity contribution is -0.138. The van der Waals surface area contributed by atoms with E-state index >= 15 is 0 Å². The maximum absolute atomic E-state index is 12.8. The molecule has 2 fully saturated rings. The maximum Gasteiger partial charge on any atom is 0.249 e. The van der Waals surface area contributed by atoms with Crippen LogP contribution in [0.15, 0.2) is 30.3 Å². The summed E-state index contributed by atoms with van der Waals surface area (Å²) in [5.41, 5.74) is 0.924. The first-order chi connectivity index (χ1) is 12.2. The molecule has 0 saturated carbocycles. The maximum atomic E-state index is 12.8. The second-order valence-corrected chi connectivity index (χ2v) is 7.04. The number of nitrogens with one attached hydrogen (secondary N) is 1. The van der Waals surface area contributed by atoms with Crippen molar-refractivity contribution in [3.8, 4) is 0 Å². The number of piperidine rings is 1. The van der Waals surface area contributed by atoms with Gasteiger partial charge in [0.15, 0.2) is 0 Å². The number of likely N-dealkylation sites (N-methyl/N-ethyl adjacent to an activating group) is 1. The summed E-state index contributed by atoms with van der Waals surface area (Å²) < 4.78 is 0. The van der Waals surface area contributed by atoms with Crippen LogP contribution >= 0.6 is 0 Å². The molecule has 5 nitrogen and oxygen atoms in total. The molecule has 0 aromatic heterocycles. The molecule has 3 rings (SSSR count). The molecule has 2 aliphatic heterocycles. The van der Waals surface area contributed by atoms with E-state index in [0.29, 0.717) is 25.4 Å². The highest BCUT2D eigenvalue weighted by Crippen LogP contribution is 2.25. The van der Waals surface area contributed by atoms with E-state index in [2.05, 4.69) is 5.32 Å². The number of nitrogens with zero attached hydrogens (tertiary/aromatic N) is 2. The van der Waals surface area contributed by atoms with E-state index in [1.165, 1.54) is 0 Å². The largest absolute Gasteiger partial charge is 0.331 e. The zero-order valence-corrected chi connectivity index (χ0v) is 15.1. The summed E-state index contributed by atoms with van der Waals surface area (Å²) >= 11 is 0. The number of carbonyl (C=O) groups is 2. The molecule has 2 saturated heterocycles. The van der Waals surface area contributed by atoms with Gasteiger partial charge in [0, 0.05) is 25.2 Å². The van der Waals surface area contributed by atoms with Crippen molar-refractivity contribution in [1.29, 1.82) is 0 Å². The van der Waals surface area contributed by atoms with Gasteiger partial charge in [0.2, 0.25) is 11.8 Å². The van der Waals surface area contributed by atoms with Crippen molar-refractivity contribution >= 4 is 17.5 Å². The Kier molecular flexibility index (Phi) is 6.08. The molecule has 1 aromatic rings. The van der Waals surface area contributed by atoms with Gasteiger partial charge in [-0.25, -0.2) is 0 Å². The summed E-state index contributed by atoms with van der Waals surface area (Å²) in [5.74, 6) is 0.835. The molecule has 1 aromatic carbocycles. The van der Waals surface area contributed by atoms with Gasteiger partial charge in [-0.2, -0.15) is 0 Å². The first-order valence-corrected chi connectivity index (χ1v) is 9.57. The van der Waals surface area contributed by atoms with Gasteiger partial charge in [-0.3, -0.25) is 9.59 Å². The van der Waals surface area contributed by atoms with E-state index in [0.717, 1.165) is 44.5 Å². The third-order valence-corrected chi connectivity index (χ3v) is 5.51. The Morgan fingerprint density at radius 3 is 2.60 bits per heavy atom. The average molecular weight is 343 g/mol. The SMILES string of the molecule is CCN(C(=O)CCC1CCNCC1)C1CCN(c2ccccc2)C1=O. The van der Waals surface area contributed by atoms with Gasteiger partial charge in [0.05, 0.1) is 0 Å². The third kappa shape index (κ3) is 4.21. The van der Waals surface area contributed by atoms with Crippen molar-refractivity contribution in [1.82, 2.24) is 10.2 Å². The lowest BCUT2D eigenvalue weighted by atomic mass is 9.93. The van der Waals surface area contributed by atoms with Crippen LogP contribution in [0.1, 0.15) is 39.0 Å². The Bertz CT molecular complexity index is 584. The Hall–Kier alpha value is -1.88. The van der Waals surface area contributed by atoms with Crippen LogP contribution in [0.4, 0.5) is 5.69 Å². The van der Waals surface area contributed by atoms with E-state index in [4.69, 9.17) is 0 Å². The van der Waals surface area contributed by atoms with Gasteiger partial charge in [-0.1, -0.05) is 18.2 Å². The summed E-state index contributed by atoms with van der Waals surface area (Å²) in [6, 6.07) is 9.44. The van der Waals surface area contributed by atoms with Crippen molar-refractivity contribution < 1.29 is 9.59 Å². The highest BCUT2D eigenvalue weighted by molar-refractivity contribution is 6.01. The number of para-hydroxylation sites is 1. The molecule has 5 heteroatoms. The molecule has 2 aliphatic rings. The zero-order chi connectivity index (χ0) is 17.6. The standard InChI is InChI=1S/C20H29N3O2/c1-2-22(19(24)9-8-16-10-13-21-14-11-16)18-12-15-23(20(18)25)17-6-4-3-5-7-17/h3-7,16,18,21H,2,8-15H2,1H3. The van der Waals surface area contributed by atoms with Gasteiger partial charge in [0.1, 0.15) is 6.04 Å². The van der Waals surface area contributed by atoms with Crippen LogP contribution < -0.4 is 10.2 Å². The molecule has 1 unspecified atom stereocenters. The minimum Gasteiger partial charge on any atom is -0.331 e. The third-order valence-electron chi connectivity index (χ3n) is 5.51. The Morgan fingerprint density at radius 2 is 1.92 bits per heavy atom. The van der Waals surface area contributed by atoms with E-state index in [1.807, 2.05) is 42.2 Å². The van der Waals surface area contributed by atoms with Crippen LogP contribution in [0.25, 0.3) is 0 Å². The molecule has 1 atom stereocenters. The lowest BCUT2D eigenvalue weighted by Crippen LogP contribution is -2.45. The molecule has 0 radical (unpaired) electrons. The molecular formula is C20H29N3O2. The number of carbonyl (C=O) groups excluding carboxylic acids is 2. The van der Waals surface area contributed by atoms with Crippen LogP contribution in [-0.4, -0.2) is 48.9 Å². The topological polar surface area (TPSA) is 52.7 Å². The highest BCUT2D eigenvalue weighted by Gasteiger charge is 2.38. The summed E-state index contributed by atoms with van der Waals surface area (Å²) in [7, 11) is 0. The second kappa shape index (κ2) is 8.48. The number of rotatable bonds is 6. The Balaban J connectivity index is 1.58. The predicted molar refractivity (Wildman–Crippen MR) is 99.4 cm³/mol. The number of anilines is 1.